The lowest BCUT2D eigenvalue weighted by atomic mass is 10.1. The molecule has 4 rings (SSSR count). The largest absolute Gasteiger partial charge is 0.338 e. The normalized spacial score (nSPS) is 14.5. The van der Waals surface area contributed by atoms with Crippen molar-refractivity contribution < 1.29 is 4.79 Å². The average molecular weight is 408 g/mol. The van der Waals surface area contributed by atoms with Gasteiger partial charge >= 0.3 is 0 Å². The van der Waals surface area contributed by atoms with Crippen LogP contribution < -0.4 is 15.5 Å². The van der Waals surface area contributed by atoms with Crippen molar-refractivity contribution in [2.24, 2.45) is 0 Å². The van der Waals surface area contributed by atoms with Gasteiger partial charge in [0, 0.05) is 48.4 Å². The summed E-state index contributed by atoms with van der Waals surface area (Å²) in [7, 11) is 0. The molecule has 0 aliphatic carbocycles. The van der Waals surface area contributed by atoms with Crippen molar-refractivity contribution in [1.29, 1.82) is 0 Å². The zero-order chi connectivity index (χ0) is 20.2. The Hall–Kier alpha value is -2.96. The van der Waals surface area contributed by atoms with Crippen LogP contribution >= 0.6 is 11.6 Å². The Kier molecular flexibility index (Phi) is 5.74. The highest BCUT2D eigenvalue weighted by atomic mass is 35.5. The van der Waals surface area contributed by atoms with E-state index in [0.717, 1.165) is 54.3 Å². The maximum atomic E-state index is 12.3. The molecular weight excluding hydrogens is 386 g/mol. The van der Waals surface area contributed by atoms with E-state index in [2.05, 4.69) is 20.5 Å². The number of rotatable bonds is 4. The van der Waals surface area contributed by atoms with E-state index < -0.39 is 0 Å². The molecule has 1 fully saturated rings. The highest BCUT2D eigenvalue weighted by molar-refractivity contribution is 6.30. The third-order valence-corrected chi connectivity index (χ3v) is 5.09. The number of aromatic nitrogens is 2. The summed E-state index contributed by atoms with van der Waals surface area (Å²) in [4.78, 5) is 23.9. The first-order valence-corrected chi connectivity index (χ1v) is 9.95. The number of halogens is 1. The second kappa shape index (κ2) is 8.59. The molecule has 2 aromatic carbocycles. The first-order chi connectivity index (χ1) is 14.1. The lowest BCUT2D eigenvalue weighted by Gasteiger charge is -2.27. The minimum atomic E-state index is -0.199. The van der Waals surface area contributed by atoms with Gasteiger partial charge in [0.2, 0.25) is 11.9 Å². The minimum absolute atomic E-state index is 0.199. The van der Waals surface area contributed by atoms with Gasteiger partial charge in [-0.3, -0.25) is 4.79 Å². The Bertz CT molecular complexity index is 1060. The van der Waals surface area contributed by atoms with Crippen molar-refractivity contribution in [2.75, 3.05) is 36.4 Å². The minimum Gasteiger partial charge on any atom is -0.338 e. The molecule has 7 heteroatoms. The third-order valence-electron chi connectivity index (χ3n) is 4.84. The van der Waals surface area contributed by atoms with Crippen LogP contribution in [-0.2, 0) is 4.79 Å². The van der Waals surface area contributed by atoms with Gasteiger partial charge in [-0.25, -0.2) is 9.97 Å². The van der Waals surface area contributed by atoms with Crippen LogP contribution in [0.5, 0.6) is 0 Å². The molecule has 1 saturated heterocycles. The van der Waals surface area contributed by atoms with Crippen molar-refractivity contribution in [1.82, 2.24) is 15.3 Å². The Labute approximate surface area is 174 Å². The van der Waals surface area contributed by atoms with Gasteiger partial charge in [-0.1, -0.05) is 23.7 Å². The van der Waals surface area contributed by atoms with Crippen molar-refractivity contribution in [3.63, 3.8) is 0 Å². The van der Waals surface area contributed by atoms with Gasteiger partial charge in [-0.2, -0.15) is 0 Å². The Balaban J connectivity index is 1.50. The predicted molar refractivity (Wildman–Crippen MR) is 118 cm³/mol. The summed E-state index contributed by atoms with van der Waals surface area (Å²) in [5, 5.41) is 7.83. The number of nitrogens with zero attached hydrogens (tertiary/aromatic N) is 3. The zero-order valence-corrected chi connectivity index (χ0v) is 16.9. The Morgan fingerprint density at radius 1 is 1.14 bits per heavy atom. The summed E-state index contributed by atoms with van der Waals surface area (Å²) in [5.41, 5.74) is 3.40. The highest BCUT2D eigenvalue weighted by Gasteiger charge is 2.15. The maximum absolute atomic E-state index is 12.3. The van der Waals surface area contributed by atoms with E-state index in [0.29, 0.717) is 10.7 Å². The van der Waals surface area contributed by atoms with E-state index >= 15 is 0 Å². The fraction of sp³-hybridized carbons (Fsp3) is 0.227. The fourth-order valence-corrected chi connectivity index (χ4v) is 3.41. The van der Waals surface area contributed by atoms with Crippen LogP contribution in [0.1, 0.15) is 11.3 Å². The quantitative estimate of drug-likeness (QED) is 0.646. The second-order valence-electron chi connectivity index (χ2n) is 6.95. The van der Waals surface area contributed by atoms with Crippen LogP contribution in [0.3, 0.4) is 0 Å². The van der Waals surface area contributed by atoms with E-state index in [1.165, 1.54) is 6.08 Å². The topological polar surface area (TPSA) is 70.2 Å². The van der Waals surface area contributed by atoms with Gasteiger partial charge < -0.3 is 15.5 Å². The summed E-state index contributed by atoms with van der Waals surface area (Å²) >= 11 is 5.88. The first-order valence-electron chi connectivity index (χ1n) is 9.57. The lowest BCUT2D eigenvalue weighted by Crippen LogP contribution is -2.44. The number of carbonyl (C=O) groups is 1. The summed E-state index contributed by atoms with van der Waals surface area (Å²) in [6.07, 6.45) is 3.26. The van der Waals surface area contributed by atoms with Gasteiger partial charge in [0.15, 0.2) is 0 Å². The number of aryl methyl sites for hydroxylation is 1. The van der Waals surface area contributed by atoms with E-state index in [4.69, 9.17) is 16.6 Å². The molecule has 0 atom stereocenters. The molecule has 0 bridgehead atoms. The number of hydrogen-bond donors (Lipinski definition) is 2. The van der Waals surface area contributed by atoms with Crippen LogP contribution in [0.25, 0.3) is 17.0 Å². The number of benzene rings is 2. The van der Waals surface area contributed by atoms with Crippen LogP contribution in [-0.4, -0.2) is 42.1 Å². The van der Waals surface area contributed by atoms with Gasteiger partial charge in [-0.05, 0) is 48.9 Å². The first kappa shape index (κ1) is 19.4. The Morgan fingerprint density at radius 3 is 2.66 bits per heavy atom. The molecule has 0 spiro atoms. The smallest absolute Gasteiger partial charge is 0.248 e. The standard InChI is InChI=1S/C22H22ClN5O/c1-15-19-14-18(26-21(29)9-4-16-2-5-17(23)6-3-16)7-8-20(19)27-22(25-15)28-12-10-24-11-13-28/h2-9,14,24H,10-13H2,1H3,(H,26,29). The van der Waals surface area contributed by atoms with Gasteiger partial charge in [0.05, 0.1) is 11.2 Å². The van der Waals surface area contributed by atoms with Gasteiger partial charge in [0.25, 0.3) is 0 Å². The highest BCUT2D eigenvalue weighted by Crippen LogP contribution is 2.23. The molecule has 1 aromatic heterocycles. The van der Waals surface area contributed by atoms with E-state index in [-0.39, 0.29) is 5.91 Å². The molecular formula is C22H22ClN5O. The predicted octanol–water partition coefficient (Wildman–Crippen LogP) is 3.65. The number of nitrogens with one attached hydrogen (secondary N) is 2. The molecule has 29 heavy (non-hydrogen) atoms. The molecule has 2 heterocycles. The Morgan fingerprint density at radius 2 is 1.90 bits per heavy atom. The van der Waals surface area contributed by atoms with Crippen LogP contribution in [0.2, 0.25) is 5.02 Å². The number of amides is 1. The fourth-order valence-electron chi connectivity index (χ4n) is 3.28. The molecule has 0 unspecified atom stereocenters. The van der Waals surface area contributed by atoms with Crippen LogP contribution in [0, 0.1) is 6.92 Å². The summed E-state index contributed by atoms with van der Waals surface area (Å²) in [6.45, 7) is 5.66. The molecule has 148 valence electrons. The molecule has 1 aliphatic heterocycles. The van der Waals surface area contributed by atoms with Crippen molar-refractivity contribution >= 4 is 46.1 Å². The van der Waals surface area contributed by atoms with Crippen LogP contribution in [0.15, 0.2) is 48.5 Å². The third kappa shape index (κ3) is 4.72. The number of piperazine rings is 1. The van der Waals surface area contributed by atoms with Crippen molar-refractivity contribution in [3.8, 4) is 0 Å². The molecule has 0 radical (unpaired) electrons. The molecule has 1 aliphatic rings. The zero-order valence-electron chi connectivity index (χ0n) is 16.2. The number of carbonyl (C=O) groups excluding carboxylic acids is 1. The SMILES string of the molecule is Cc1nc(N2CCNCC2)nc2ccc(NC(=O)C=Cc3ccc(Cl)cc3)cc12. The molecule has 2 N–H and O–H groups in total. The summed E-state index contributed by atoms with van der Waals surface area (Å²) < 4.78 is 0. The average Bonchev–Trinajstić information content (AvgIpc) is 2.74. The maximum Gasteiger partial charge on any atom is 0.248 e. The summed E-state index contributed by atoms with van der Waals surface area (Å²) in [5.74, 6) is 0.564. The summed E-state index contributed by atoms with van der Waals surface area (Å²) in [6, 6.07) is 13.0. The van der Waals surface area contributed by atoms with Gasteiger partial charge in [0.1, 0.15) is 0 Å². The van der Waals surface area contributed by atoms with Gasteiger partial charge in [-0.15, -0.1) is 0 Å². The molecule has 0 saturated carbocycles. The number of fused-ring (bicyclic) bond motifs is 1. The molecule has 3 aromatic rings. The van der Waals surface area contributed by atoms with E-state index in [1.54, 1.807) is 18.2 Å². The second-order valence-corrected chi connectivity index (χ2v) is 7.39. The van der Waals surface area contributed by atoms with E-state index in [9.17, 15) is 4.79 Å². The monoisotopic (exact) mass is 407 g/mol. The van der Waals surface area contributed by atoms with Crippen LogP contribution in [0.4, 0.5) is 11.6 Å². The van der Waals surface area contributed by atoms with Crippen molar-refractivity contribution in [2.45, 2.75) is 6.92 Å². The van der Waals surface area contributed by atoms with Crippen molar-refractivity contribution in [3.05, 3.63) is 64.8 Å². The number of anilines is 2. The molecule has 6 nitrogen and oxygen atoms in total. The van der Waals surface area contributed by atoms with E-state index in [1.807, 2.05) is 37.3 Å². The lowest BCUT2D eigenvalue weighted by molar-refractivity contribution is -0.111. The number of hydrogen-bond acceptors (Lipinski definition) is 5. The molecule has 1 amide bonds.